The Morgan fingerprint density at radius 3 is 2.75 bits per heavy atom. The number of hydrogen-bond acceptors (Lipinski definition) is 2. The average molecular weight is 272 g/mol. The van der Waals surface area contributed by atoms with Crippen LogP contribution < -0.4 is 0 Å². The Labute approximate surface area is 120 Å². The lowest BCUT2D eigenvalue weighted by molar-refractivity contribution is 0.183. The molecule has 1 saturated carbocycles. The largest absolute Gasteiger partial charge is 0.385 e. The third kappa shape index (κ3) is 2.73. The van der Waals surface area contributed by atoms with Gasteiger partial charge in [-0.1, -0.05) is 44.2 Å². The molecular weight excluding hydrogens is 248 g/mol. The number of fused-ring (bicyclic) bond motifs is 1. The van der Waals surface area contributed by atoms with Crippen molar-refractivity contribution < 1.29 is 5.11 Å². The van der Waals surface area contributed by atoms with Gasteiger partial charge in [0.05, 0.1) is 11.0 Å². The molecule has 0 saturated heterocycles. The van der Waals surface area contributed by atoms with Crippen LogP contribution in [0, 0.1) is 5.92 Å². The number of hydrogen-bond donors (Lipinski definition) is 1. The lowest BCUT2D eigenvalue weighted by Crippen LogP contribution is -2.13. The SMILES string of the molecule is CC(O)c1nc2ccccc2n1CCC1CCCCC1. The predicted octanol–water partition coefficient (Wildman–Crippen LogP) is 4.06. The highest BCUT2D eigenvalue weighted by Gasteiger charge is 2.17. The first-order valence-electron chi connectivity index (χ1n) is 7.89. The second-order valence-electron chi connectivity index (χ2n) is 6.08. The first kappa shape index (κ1) is 13.6. The molecule has 0 bridgehead atoms. The third-order valence-electron chi connectivity index (χ3n) is 4.54. The monoisotopic (exact) mass is 272 g/mol. The molecule has 0 aliphatic heterocycles. The molecule has 3 heteroatoms. The van der Waals surface area contributed by atoms with Crippen LogP contribution in [0.2, 0.25) is 0 Å². The number of aromatic nitrogens is 2. The van der Waals surface area contributed by atoms with Crippen LogP contribution in [0.1, 0.15) is 57.4 Å². The molecule has 2 aromatic rings. The number of nitrogens with zero attached hydrogens (tertiary/aromatic N) is 2. The van der Waals surface area contributed by atoms with Crippen LogP contribution in [0.15, 0.2) is 24.3 Å². The second-order valence-corrected chi connectivity index (χ2v) is 6.08. The molecule has 1 unspecified atom stereocenters. The van der Waals surface area contributed by atoms with Crippen molar-refractivity contribution >= 4 is 11.0 Å². The molecule has 0 amide bonds. The molecule has 1 heterocycles. The van der Waals surface area contributed by atoms with Gasteiger partial charge in [-0.05, 0) is 31.4 Å². The van der Waals surface area contributed by atoms with Crippen LogP contribution in [-0.2, 0) is 6.54 Å². The number of aryl methyl sites for hydroxylation is 1. The predicted molar refractivity (Wildman–Crippen MR) is 81.6 cm³/mol. The maximum Gasteiger partial charge on any atom is 0.138 e. The van der Waals surface area contributed by atoms with Gasteiger partial charge in [0.2, 0.25) is 0 Å². The van der Waals surface area contributed by atoms with Gasteiger partial charge in [-0.25, -0.2) is 4.98 Å². The molecule has 1 aromatic carbocycles. The highest BCUT2D eigenvalue weighted by Crippen LogP contribution is 2.28. The van der Waals surface area contributed by atoms with E-state index in [4.69, 9.17) is 0 Å². The molecule has 3 rings (SSSR count). The lowest BCUT2D eigenvalue weighted by atomic mass is 9.87. The topological polar surface area (TPSA) is 38.1 Å². The summed E-state index contributed by atoms with van der Waals surface area (Å²) in [5, 5.41) is 9.96. The minimum absolute atomic E-state index is 0.506. The Morgan fingerprint density at radius 2 is 2.00 bits per heavy atom. The molecule has 0 radical (unpaired) electrons. The summed E-state index contributed by atoms with van der Waals surface area (Å²) in [6, 6.07) is 8.19. The summed E-state index contributed by atoms with van der Waals surface area (Å²) in [5.74, 6) is 1.66. The highest BCUT2D eigenvalue weighted by molar-refractivity contribution is 5.75. The molecule has 3 nitrogen and oxygen atoms in total. The van der Waals surface area contributed by atoms with Crippen molar-refractivity contribution in [2.24, 2.45) is 5.92 Å². The fourth-order valence-corrected chi connectivity index (χ4v) is 3.44. The van der Waals surface area contributed by atoms with E-state index in [-0.39, 0.29) is 0 Å². The summed E-state index contributed by atoms with van der Waals surface area (Å²) in [4.78, 5) is 4.59. The number of aliphatic hydroxyl groups excluding tert-OH is 1. The molecule has 1 aromatic heterocycles. The Kier molecular flexibility index (Phi) is 4.06. The van der Waals surface area contributed by atoms with Gasteiger partial charge < -0.3 is 9.67 Å². The van der Waals surface area contributed by atoms with E-state index in [2.05, 4.69) is 15.6 Å². The minimum atomic E-state index is -0.506. The number of para-hydroxylation sites is 2. The van der Waals surface area contributed by atoms with Crippen LogP contribution in [-0.4, -0.2) is 14.7 Å². The first-order valence-corrected chi connectivity index (χ1v) is 7.89. The number of aliphatic hydroxyl groups is 1. The lowest BCUT2D eigenvalue weighted by Gasteiger charge is -2.22. The molecule has 0 spiro atoms. The molecule has 1 N–H and O–H groups in total. The van der Waals surface area contributed by atoms with Gasteiger partial charge in [0.25, 0.3) is 0 Å². The van der Waals surface area contributed by atoms with Gasteiger partial charge in [-0.15, -0.1) is 0 Å². The van der Waals surface area contributed by atoms with Crippen molar-refractivity contribution in [2.75, 3.05) is 0 Å². The zero-order chi connectivity index (χ0) is 13.9. The van der Waals surface area contributed by atoms with E-state index in [0.29, 0.717) is 0 Å². The molecule has 108 valence electrons. The molecular formula is C17H24N2O. The van der Waals surface area contributed by atoms with Gasteiger partial charge in [0, 0.05) is 6.54 Å². The Hall–Kier alpha value is -1.35. The summed E-state index contributed by atoms with van der Waals surface area (Å²) in [5.41, 5.74) is 2.14. The van der Waals surface area contributed by atoms with E-state index in [1.165, 1.54) is 38.5 Å². The highest BCUT2D eigenvalue weighted by atomic mass is 16.3. The van der Waals surface area contributed by atoms with Gasteiger partial charge >= 0.3 is 0 Å². The standard InChI is InChI=1S/C17H24N2O/c1-13(20)17-18-15-9-5-6-10-16(15)19(17)12-11-14-7-3-2-4-8-14/h5-6,9-10,13-14,20H,2-4,7-8,11-12H2,1H3. The fraction of sp³-hybridized carbons (Fsp3) is 0.588. The minimum Gasteiger partial charge on any atom is -0.385 e. The Morgan fingerprint density at radius 1 is 1.25 bits per heavy atom. The number of benzene rings is 1. The van der Waals surface area contributed by atoms with Crippen LogP contribution >= 0.6 is 0 Å². The summed E-state index contributed by atoms with van der Waals surface area (Å²) in [6.07, 6.45) is 7.63. The fourth-order valence-electron chi connectivity index (χ4n) is 3.44. The van der Waals surface area contributed by atoms with Crippen LogP contribution in [0.3, 0.4) is 0 Å². The number of rotatable bonds is 4. The van der Waals surface area contributed by atoms with Gasteiger partial charge in [0.15, 0.2) is 0 Å². The normalized spacial score (nSPS) is 18.5. The summed E-state index contributed by atoms with van der Waals surface area (Å²) >= 11 is 0. The maximum atomic E-state index is 9.96. The van der Waals surface area contributed by atoms with Crippen molar-refractivity contribution in [3.8, 4) is 0 Å². The van der Waals surface area contributed by atoms with Crippen molar-refractivity contribution in [3.05, 3.63) is 30.1 Å². The summed E-state index contributed by atoms with van der Waals surface area (Å²) < 4.78 is 2.22. The molecule has 20 heavy (non-hydrogen) atoms. The van der Waals surface area contributed by atoms with E-state index in [0.717, 1.165) is 29.3 Å². The van der Waals surface area contributed by atoms with Gasteiger partial charge in [-0.2, -0.15) is 0 Å². The summed E-state index contributed by atoms with van der Waals surface area (Å²) in [6.45, 7) is 2.78. The molecule has 1 aliphatic carbocycles. The average Bonchev–Trinajstić information content (AvgIpc) is 2.85. The van der Waals surface area contributed by atoms with E-state index >= 15 is 0 Å². The second kappa shape index (κ2) is 5.96. The Balaban J connectivity index is 1.83. The van der Waals surface area contributed by atoms with Gasteiger partial charge in [-0.3, -0.25) is 0 Å². The zero-order valence-corrected chi connectivity index (χ0v) is 12.3. The zero-order valence-electron chi connectivity index (χ0n) is 12.3. The smallest absolute Gasteiger partial charge is 0.138 e. The van der Waals surface area contributed by atoms with Crippen LogP contribution in [0.25, 0.3) is 11.0 Å². The number of imidazole rings is 1. The molecule has 1 fully saturated rings. The van der Waals surface area contributed by atoms with Crippen molar-refractivity contribution in [2.45, 2.75) is 58.1 Å². The van der Waals surface area contributed by atoms with Crippen molar-refractivity contribution in [1.29, 1.82) is 0 Å². The van der Waals surface area contributed by atoms with Crippen LogP contribution in [0.4, 0.5) is 0 Å². The third-order valence-corrected chi connectivity index (χ3v) is 4.54. The van der Waals surface area contributed by atoms with E-state index in [1.807, 2.05) is 18.2 Å². The quantitative estimate of drug-likeness (QED) is 0.911. The van der Waals surface area contributed by atoms with E-state index < -0.39 is 6.10 Å². The summed E-state index contributed by atoms with van der Waals surface area (Å²) in [7, 11) is 0. The van der Waals surface area contributed by atoms with E-state index in [1.54, 1.807) is 6.92 Å². The van der Waals surface area contributed by atoms with Crippen molar-refractivity contribution in [1.82, 2.24) is 9.55 Å². The van der Waals surface area contributed by atoms with E-state index in [9.17, 15) is 5.11 Å². The molecule has 1 atom stereocenters. The van der Waals surface area contributed by atoms with Crippen LogP contribution in [0.5, 0.6) is 0 Å². The van der Waals surface area contributed by atoms with Gasteiger partial charge in [0.1, 0.15) is 11.9 Å². The molecule has 1 aliphatic rings. The first-order chi connectivity index (χ1) is 9.75. The Bertz CT molecular complexity index is 567. The maximum absolute atomic E-state index is 9.96. The van der Waals surface area contributed by atoms with Crippen molar-refractivity contribution in [3.63, 3.8) is 0 Å².